The van der Waals surface area contributed by atoms with E-state index in [-0.39, 0.29) is 5.91 Å². The maximum atomic E-state index is 12.5. The van der Waals surface area contributed by atoms with Gasteiger partial charge < -0.3 is 4.57 Å². The largest absolute Gasteiger partial charge is 0.319 e. The minimum absolute atomic E-state index is 0.191. The summed E-state index contributed by atoms with van der Waals surface area (Å²) in [5.41, 5.74) is 2.97. The molecule has 0 N–H and O–H groups in total. The van der Waals surface area contributed by atoms with Crippen molar-refractivity contribution in [2.24, 2.45) is 12.0 Å². The van der Waals surface area contributed by atoms with Crippen LogP contribution in [0.5, 0.6) is 0 Å². The van der Waals surface area contributed by atoms with Crippen molar-refractivity contribution in [3.8, 4) is 0 Å². The summed E-state index contributed by atoms with van der Waals surface area (Å²) in [4.78, 5) is 18.7. The third kappa shape index (κ3) is 3.26. The maximum Gasteiger partial charge on any atom is 0.279 e. The lowest BCUT2D eigenvalue weighted by Crippen LogP contribution is -2.13. The lowest BCUT2D eigenvalue weighted by Gasteiger charge is -2.01. The van der Waals surface area contributed by atoms with E-state index in [0.717, 1.165) is 25.7 Å². The number of thioether (sulfide) groups is 1. The molecular formula is C18H18N2OS2. The Morgan fingerprint density at radius 1 is 1.26 bits per heavy atom. The number of aromatic nitrogens is 1. The zero-order chi connectivity index (χ0) is 16.4. The highest BCUT2D eigenvalue weighted by Crippen LogP contribution is 2.21. The Balaban J connectivity index is 2.05. The molecule has 1 amide bonds. The Kier molecular flexibility index (Phi) is 4.68. The van der Waals surface area contributed by atoms with Gasteiger partial charge >= 0.3 is 0 Å². The number of amides is 1. The van der Waals surface area contributed by atoms with Crippen LogP contribution in [0.15, 0.2) is 52.4 Å². The molecule has 23 heavy (non-hydrogen) atoms. The van der Waals surface area contributed by atoms with Gasteiger partial charge in [0.05, 0.1) is 10.2 Å². The fourth-order valence-corrected chi connectivity index (χ4v) is 4.35. The summed E-state index contributed by atoms with van der Waals surface area (Å²) >= 11 is 3.27. The number of nitrogens with zero attached hydrogens (tertiary/aromatic N) is 2. The van der Waals surface area contributed by atoms with Crippen molar-refractivity contribution in [1.29, 1.82) is 0 Å². The standard InChI is InChI=1S/C18H18N2OS2/c1-4-22-14-9-6-8-13(11-14)17(21)19-18-20(3)16-12(2)7-5-10-15(16)23-18/h5-11H,4H2,1-3H3. The molecular weight excluding hydrogens is 324 g/mol. The lowest BCUT2D eigenvalue weighted by molar-refractivity contribution is 0.0997. The van der Waals surface area contributed by atoms with Crippen LogP contribution in [0.1, 0.15) is 22.8 Å². The predicted octanol–water partition coefficient (Wildman–Crippen LogP) is 4.40. The molecule has 5 heteroatoms. The summed E-state index contributed by atoms with van der Waals surface area (Å²) in [6, 6.07) is 13.8. The van der Waals surface area contributed by atoms with Gasteiger partial charge in [-0.3, -0.25) is 4.79 Å². The number of fused-ring (bicyclic) bond motifs is 1. The monoisotopic (exact) mass is 342 g/mol. The van der Waals surface area contributed by atoms with Crippen LogP contribution in [-0.4, -0.2) is 16.2 Å². The summed E-state index contributed by atoms with van der Waals surface area (Å²) in [5, 5.41) is 0. The number of aryl methyl sites for hydroxylation is 2. The molecule has 0 spiro atoms. The minimum atomic E-state index is -0.191. The number of carbonyl (C=O) groups excluding carboxylic acids is 1. The molecule has 0 saturated carbocycles. The van der Waals surface area contributed by atoms with Crippen LogP contribution in [0.4, 0.5) is 0 Å². The second kappa shape index (κ2) is 6.72. The number of carbonyl (C=O) groups is 1. The summed E-state index contributed by atoms with van der Waals surface area (Å²) in [6.45, 7) is 4.18. The smallest absolute Gasteiger partial charge is 0.279 e. The van der Waals surface area contributed by atoms with Gasteiger partial charge in [-0.15, -0.1) is 11.8 Å². The van der Waals surface area contributed by atoms with Gasteiger partial charge in [0.1, 0.15) is 0 Å². The van der Waals surface area contributed by atoms with Crippen LogP contribution in [-0.2, 0) is 7.05 Å². The summed E-state index contributed by atoms with van der Waals surface area (Å²) in [5.74, 6) is 0.794. The second-order valence-corrected chi connectivity index (χ2v) is 7.59. The van der Waals surface area contributed by atoms with Crippen LogP contribution in [0.3, 0.4) is 0 Å². The second-order valence-electron chi connectivity index (χ2n) is 5.24. The molecule has 3 aromatic rings. The van der Waals surface area contributed by atoms with Gasteiger partial charge in [-0.1, -0.05) is 36.5 Å². The highest BCUT2D eigenvalue weighted by molar-refractivity contribution is 7.99. The number of rotatable bonds is 3. The van der Waals surface area contributed by atoms with Gasteiger partial charge in [-0.25, -0.2) is 0 Å². The molecule has 0 bridgehead atoms. The van der Waals surface area contributed by atoms with Crippen LogP contribution in [0.2, 0.25) is 0 Å². The SMILES string of the molecule is CCSc1cccc(C(=O)N=c2sc3cccc(C)c3n2C)c1. The van der Waals surface area contributed by atoms with E-state index in [1.165, 1.54) is 5.56 Å². The van der Waals surface area contributed by atoms with Crippen LogP contribution in [0, 0.1) is 6.92 Å². The predicted molar refractivity (Wildman–Crippen MR) is 98.3 cm³/mol. The third-order valence-corrected chi connectivity index (χ3v) is 5.59. The minimum Gasteiger partial charge on any atom is -0.319 e. The Labute approximate surface area is 143 Å². The van der Waals surface area contributed by atoms with Crippen molar-refractivity contribution in [2.75, 3.05) is 5.75 Å². The quantitative estimate of drug-likeness (QED) is 0.661. The number of hydrogen-bond donors (Lipinski definition) is 0. The molecule has 0 aliphatic heterocycles. The van der Waals surface area contributed by atoms with Gasteiger partial charge in [0.2, 0.25) is 0 Å². The van der Waals surface area contributed by atoms with Gasteiger partial charge in [0.25, 0.3) is 5.91 Å². The summed E-state index contributed by atoms with van der Waals surface area (Å²) in [6.07, 6.45) is 0. The summed E-state index contributed by atoms with van der Waals surface area (Å²) < 4.78 is 3.15. The molecule has 3 nitrogen and oxygen atoms in total. The van der Waals surface area contributed by atoms with Crippen molar-refractivity contribution >= 4 is 39.2 Å². The zero-order valence-corrected chi connectivity index (χ0v) is 15.0. The van der Waals surface area contributed by atoms with E-state index in [4.69, 9.17) is 0 Å². The van der Waals surface area contributed by atoms with E-state index in [0.29, 0.717) is 5.56 Å². The maximum absolute atomic E-state index is 12.5. The normalized spacial score (nSPS) is 12.0. The third-order valence-electron chi connectivity index (χ3n) is 3.61. The van der Waals surface area contributed by atoms with Crippen LogP contribution in [0.25, 0.3) is 10.2 Å². The molecule has 118 valence electrons. The Morgan fingerprint density at radius 3 is 2.78 bits per heavy atom. The molecule has 1 heterocycles. The lowest BCUT2D eigenvalue weighted by atomic mass is 10.2. The first kappa shape index (κ1) is 16.0. The van der Waals surface area contributed by atoms with Gasteiger partial charge in [-0.2, -0.15) is 4.99 Å². The average molecular weight is 342 g/mol. The first-order valence-electron chi connectivity index (χ1n) is 7.47. The Hall–Kier alpha value is -1.85. The van der Waals surface area contributed by atoms with Crippen molar-refractivity contribution in [1.82, 2.24) is 4.57 Å². The van der Waals surface area contributed by atoms with Crippen molar-refractivity contribution in [2.45, 2.75) is 18.7 Å². The van der Waals surface area contributed by atoms with Gasteiger partial charge in [-0.05, 0) is 42.5 Å². The molecule has 0 radical (unpaired) electrons. The number of thiazole rings is 1. The molecule has 0 unspecified atom stereocenters. The first-order valence-corrected chi connectivity index (χ1v) is 9.27. The van der Waals surface area contributed by atoms with E-state index >= 15 is 0 Å². The molecule has 0 aliphatic carbocycles. The first-order chi connectivity index (χ1) is 11.1. The molecule has 0 saturated heterocycles. The molecule has 2 aromatic carbocycles. The van der Waals surface area contributed by atoms with Crippen molar-refractivity contribution in [3.63, 3.8) is 0 Å². The van der Waals surface area contributed by atoms with Crippen molar-refractivity contribution < 1.29 is 4.79 Å². The molecule has 0 fully saturated rings. The van der Waals surface area contributed by atoms with E-state index < -0.39 is 0 Å². The highest BCUT2D eigenvalue weighted by Gasteiger charge is 2.09. The van der Waals surface area contributed by atoms with E-state index in [9.17, 15) is 4.79 Å². The van der Waals surface area contributed by atoms with Gasteiger partial charge in [0, 0.05) is 17.5 Å². The molecule has 0 atom stereocenters. The van der Waals surface area contributed by atoms with Crippen LogP contribution >= 0.6 is 23.1 Å². The number of para-hydroxylation sites is 1. The van der Waals surface area contributed by atoms with E-state index in [2.05, 4.69) is 31.0 Å². The summed E-state index contributed by atoms with van der Waals surface area (Å²) in [7, 11) is 1.96. The fraction of sp³-hybridized carbons (Fsp3) is 0.222. The van der Waals surface area contributed by atoms with E-state index in [1.807, 2.05) is 41.9 Å². The van der Waals surface area contributed by atoms with E-state index in [1.54, 1.807) is 23.1 Å². The molecule has 3 rings (SSSR count). The van der Waals surface area contributed by atoms with Crippen LogP contribution < -0.4 is 4.80 Å². The average Bonchev–Trinajstić information content (AvgIpc) is 2.85. The topological polar surface area (TPSA) is 34.4 Å². The Morgan fingerprint density at radius 2 is 2.04 bits per heavy atom. The van der Waals surface area contributed by atoms with Gasteiger partial charge in [0.15, 0.2) is 4.80 Å². The van der Waals surface area contributed by atoms with Crippen molar-refractivity contribution in [3.05, 3.63) is 58.4 Å². The fourth-order valence-electron chi connectivity index (χ4n) is 2.54. The highest BCUT2D eigenvalue weighted by atomic mass is 32.2. The number of benzene rings is 2. The zero-order valence-electron chi connectivity index (χ0n) is 13.4. The Bertz CT molecular complexity index is 938. The number of hydrogen-bond acceptors (Lipinski definition) is 3. The molecule has 0 aliphatic rings. The molecule has 1 aromatic heterocycles.